The number of Topliss-reactive ketones (excluding diaryl/α,β-unsaturated/α-hetero) is 1. The zero-order valence-corrected chi connectivity index (χ0v) is 14.6. The number of benzene rings is 2. The van der Waals surface area contributed by atoms with E-state index in [1.807, 2.05) is 0 Å². The number of alkyl halides is 3. The summed E-state index contributed by atoms with van der Waals surface area (Å²) < 4.78 is 39.1. The Morgan fingerprint density at radius 2 is 1.60 bits per heavy atom. The Kier molecular flexibility index (Phi) is 5.97. The molecule has 0 aliphatic rings. The monoisotopic (exact) mass is 432 g/mol. The van der Waals surface area contributed by atoms with Gasteiger partial charge in [0.1, 0.15) is 0 Å². The maximum absolute atomic E-state index is 12.8. The van der Waals surface area contributed by atoms with Crippen molar-refractivity contribution in [2.45, 2.75) is 6.18 Å². The van der Waals surface area contributed by atoms with Gasteiger partial charge in [0.2, 0.25) is 0 Å². The molecule has 0 saturated heterocycles. The van der Waals surface area contributed by atoms with Crippen molar-refractivity contribution in [3.8, 4) is 0 Å². The molecular formula is C16H9BrClF3N2O2. The molecule has 0 heterocycles. The van der Waals surface area contributed by atoms with Crippen LogP contribution < -0.4 is 0 Å². The number of hydrogen-bond acceptors (Lipinski definition) is 4. The number of rotatable bonds is 4. The largest absolute Gasteiger partial charge is 0.505 e. The van der Waals surface area contributed by atoms with Gasteiger partial charge in [0.05, 0.1) is 5.69 Å². The molecule has 0 aliphatic carbocycles. The summed E-state index contributed by atoms with van der Waals surface area (Å²) in [5.41, 5.74) is -1.05. The number of hydrogen-bond donors (Lipinski definition) is 1. The second-order valence-electron chi connectivity index (χ2n) is 4.71. The fraction of sp³-hybridized carbons (Fsp3) is 0.0625. The van der Waals surface area contributed by atoms with Crippen molar-refractivity contribution < 1.29 is 23.1 Å². The number of carbonyl (C=O) groups is 1. The summed E-state index contributed by atoms with van der Waals surface area (Å²) in [6.07, 6.45) is -5.21. The van der Waals surface area contributed by atoms with Gasteiger partial charge in [-0.1, -0.05) is 27.5 Å². The number of halogens is 5. The van der Waals surface area contributed by atoms with E-state index in [2.05, 4.69) is 26.2 Å². The molecule has 0 saturated carbocycles. The zero-order chi connectivity index (χ0) is 18.6. The average Bonchev–Trinajstić information content (AvgIpc) is 2.56. The van der Waals surface area contributed by atoms with E-state index in [0.29, 0.717) is 5.02 Å². The molecule has 0 aliphatic heterocycles. The molecule has 2 aromatic rings. The Morgan fingerprint density at radius 3 is 2.12 bits per heavy atom. The molecule has 130 valence electrons. The van der Waals surface area contributed by atoms with Gasteiger partial charge in [0.25, 0.3) is 5.78 Å². The second-order valence-corrected chi connectivity index (χ2v) is 6.06. The highest BCUT2D eigenvalue weighted by molar-refractivity contribution is 9.10. The average molecular weight is 434 g/mol. The number of azo groups is 1. The molecule has 25 heavy (non-hydrogen) atoms. The van der Waals surface area contributed by atoms with Gasteiger partial charge < -0.3 is 5.11 Å². The van der Waals surface area contributed by atoms with Crippen molar-refractivity contribution in [1.29, 1.82) is 0 Å². The zero-order valence-electron chi connectivity index (χ0n) is 12.3. The lowest BCUT2D eigenvalue weighted by atomic mass is 10.1. The van der Waals surface area contributed by atoms with Crippen LogP contribution in [0.2, 0.25) is 5.02 Å². The first-order valence-electron chi connectivity index (χ1n) is 6.66. The fourth-order valence-corrected chi connectivity index (χ4v) is 2.08. The maximum Gasteiger partial charge on any atom is 0.456 e. The van der Waals surface area contributed by atoms with Crippen LogP contribution in [0.4, 0.5) is 18.9 Å². The van der Waals surface area contributed by atoms with Gasteiger partial charge in [-0.05, 0) is 48.5 Å². The Hall–Kier alpha value is -2.19. The number of allylic oxidation sites excluding steroid dienone is 1. The first-order chi connectivity index (χ1) is 11.7. The van der Waals surface area contributed by atoms with E-state index in [-0.39, 0.29) is 11.3 Å². The number of aliphatic hydroxyl groups excluding tert-OH is 1. The molecule has 0 amide bonds. The molecular weight excluding hydrogens is 425 g/mol. The number of aliphatic hydroxyl groups is 1. The lowest BCUT2D eigenvalue weighted by Crippen LogP contribution is -2.24. The number of ketones is 1. The fourth-order valence-electron chi connectivity index (χ4n) is 1.69. The molecule has 0 unspecified atom stereocenters. The predicted octanol–water partition coefficient (Wildman–Crippen LogP) is 6.24. The minimum Gasteiger partial charge on any atom is -0.505 e. The van der Waals surface area contributed by atoms with E-state index >= 15 is 0 Å². The van der Waals surface area contributed by atoms with Gasteiger partial charge in [-0.3, -0.25) is 4.79 Å². The summed E-state index contributed by atoms with van der Waals surface area (Å²) in [6.45, 7) is 0. The lowest BCUT2D eigenvalue weighted by molar-refractivity contribution is -0.166. The van der Waals surface area contributed by atoms with Crippen molar-refractivity contribution in [2.24, 2.45) is 10.2 Å². The van der Waals surface area contributed by atoms with Gasteiger partial charge in [0.15, 0.2) is 11.5 Å². The number of nitrogens with zero attached hydrogens (tertiary/aromatic N) is 2. The Bertz CT molecular complexity index is 832. The summed E-state index contributed by atoms with van der Waals surface area (Å²) in [5.74, 6) is -3.25. The van der Waals surface area contributed by atoms with E-state index in [1.54, 1.807) is 12.1 Å². The molecule has 0 spiro atoms. The van der Waals surface area contributed by atoms with Crippen LogP contribution >= 0.6 is 27.5 Å². The standard InChI is InChI=1S/C16H9BrClF3N2O2/c17-10-3-7-12(8-4-10)22-23-13(15(25)16(19,20)21)14(24)9-1-5-11(18)6-2-9/h1-8,24H/b14-13+,23-22?. The molecule has 0 atom stereocenters. The summed E-state index contributed by atoms with van der Waals surface area (Å²) in [4.78, 5) is 11.6. The Balaban J connectivity index is 2.49. The summed E-state index contributed by atoms with van der Waals surface area (Å²) in [5, 5.41) is 17.3. The third-order valence-corrected chi connectivity index (χ3v) is 3.69. The van der Waals surface area contributed by atoms with Crippen molar-refractivity contribution in [3.05, 3.63) is 69.3 Å². The van der Waals surface area contributed by atoms with Gasteiger partial charge in [-0.2, -0.15) is 18.3 Å². The third-order valence-electron chi connectivity index (χ3n) is 2.91. The predicted molar refractivity (Wildman–Crippen MR) is 90.7 cm³/mol. The minimum atomic E-state index is -5.21. The normalized spacial score (nSPS) is 13.0. The smallest absolute Gasteiger partial charge is 0.456 e. The van der Waals surface area contributed by atoms with E-state index in [9.17, 15) is 23.1 Å². The maximum atomic E-state index is 12.8. The van der Waals surface area contributed by atoms with Crippen molar-refractivity contribution in [1.82, 2.24) is 0 Å². The highest BCUT2D eigenvalue weighted by atomic mass is 79.9. The van der Waals surface area contributed by atoms with E-state index < -0.39 is 23.4 Å². The van der Waals surface area contributed by atoms with Crippen LogP contribution in [0.15, 0.2) is 68.9 Å². The first-order valence-corrected chi connectivity index (χ1v) is 7.83. The van der Waals surface area contributed by atoms with Gasteiger partial charge >= 0.3 is 6.18 Å². The van der Waals surface area contributed by atoms with Gasteiger partial charge in [-0.15, -0.1) is 5.11 Å². The molecule has 9 heteroatoms. The van der Waals surface area contributed by atoms with Crippen LogP contribution in [-0.4, -0.2) is 17.1 Å². The van der Waals surface area contributed by atoms with E-state index in [0.717, 1.165) is 4.47 Å². The third kappa shape index (κ3) is 5.14. The topological polar surface area (TPSA) is 62.0 Å². The molecule has 0 radical (unpaired) electrons. The van der Waals surface area contributed by atoms with Crippen molar-refractivity contribution in [2.75, 3.05) is 0 Å². The molecule has 1 N–H and O–H groups in total. The summed E-state index contributed by atoms with van der Waals surface area (Å²) in [7, 11) is 0. The van der Waals surface area contributed by atoms with Crippen LogP contribution in [0.1, 0.15) is 5.56 Å². The number of carbonyl (C=O) groups excluding carboxylic acids is 1. The summed E-state index contributed by atoms with van der Waals surface area (Å²) in [6, 6.07) is 11.4. The van der Waals surface area contributed by atoms with Crippen LogP contribution in [0.5, 0.6) is 0 Å². The van der Waals surface area contributed by atoms with Crippen LogP contribution in [0.3, 0.4) is 0 Å². The van der Waals surface area contributed by atoms with Gasteiger partial charge in [0, 0.05) is 15.1 Å². The van der Waals surface area contributed by atoms with Crippen LogP contribution in [-0.2, 0) is 4.79 Å². The van der Waals surface area contributed by atoms with E-state index in [1.165, 1.54) is 36.4 Å². The van der Waals surface area contributed by atoms with Crippen molar-refractivity contribution in [3.63, 3.8) is 0 Å². The molecule has 2 aromatic carbocycles. The quantitative estimate of drug-likeness (QED) is 0.352. The van der Waals surface area contributed by atoms with E-state index in [4.69, 9.17) is 11.6 Å². The van der Waals surface area contributed by atoms with Crippen molar-refractivity contribution >= 4 is 44.8 Å². The molecule has 2 rings (SSSR count). The van der Waals surface area contributed by atoms with Crippen LogP contribution in [0.25, 0.3) is 5.76 Å². The highest BCUT2D eigenvalue weighted by Gasteiger charge is 2.43. The molecule has 4 nitrogen and oxygen atoms in total. The SMILES string of the molecule is O=C(/C(N=Nc1ccc(Br)cc1)=C(\O)c1ccc(Cl)cc1)C(F)(F)F. The summed E-state index contributed by atoms with van der Waals surface area (Å²) >= 11 is 8.89. The minimum absolute atomic E-state index is 0.0493. The molecule has 0 bridgehead atoms. The van der Waals surface area contributed by atoms with Crippen LogP contribution in [0, 0.1) is 0 Å². The molecule has 0 aromatic heterocycles. The highest BCUT2D eigenvalue weighted by Crippen LogP contribution is 2.28. The Labute approximate surface area is 153 Å². The second kappa shape index (κ2) is 7.79. The molecule has 0 fully saturated rings. The van der Waals surface area contributed by atoms with Gasteiger partial charge in [-0.25, -0.2) is 0 Å². The first kappa shape index (κ1) is 19.1. The Morgan fingerprint density at radius 1 is 1.04 bits per heavy atom. The lowest BCUT2D eigenvalue weighted by Gasteiger charge is -2.08.